The summed E-state index contributed by atoms with van der Waals surface area (Å²) in [5, 5.41) is 16.9. The van der Waals surface area contributed by atoms with Gasteiger partial charge in [-0.15, -0.1) is 18.3 Å². The SMILES string of the molecule is Cn1cc(C(=O)O)cc(Nc2nn(-c3ccc(OC(F)(F)F)cc3)c(=O)c3ccccc23)c1=O. The molecule has 0 saturated heterocycles. The van der Waals surface area contributed by atoms with E-state index >= 15 is 0 Å². The molecule has 2 aromatic carbocycles. The largest absolute Gasteiger partial charge is 0.573 e. The quantitative estimate of drug-likeness (QED) is 0.457. The Hall–Kier alpha value is -4.61. The average Bonchev–Trinajstić information content (AvgIpc) is 2.78. The highest BCUT2D eigenvalue weighted by Crippen LogP contribution is 2.25. The molecule has 0 spiro atoms. The lowest BCUT2D eigenvalue weighted by Gasteiger charge is -2.14. The lowest BCUT2D eigenvalue weighted by Crippen LogP contribution is -2.25. The fraction of sp³-hybridized carbons (Fsp3) is 0.0909. The molecule has 0 atom stereocenters. The Bertz CT molecular complexity index is 1530. The van der Waals surface area contributed by atoms with Gasteiger partial charge in [0.1, 0.15) is 11.4 Å². The van der Waals surface area contributed by atoms with Crippen molar-refractivity contribution < 1.29 is 27.8 Å². The maximum atomic E-state index is 13.0. The summed E-state index contributed by atoms with van der Waals surface area (Å²) in [6.07, 6.45) is -3.71. The Labute approximate surface area is 188 Å². The van der Waals surface area contributed by atoms with Crippen molar-refractivity contribution in [3.63, 3.8) is 0 Å². The van der Waals surface area contributed by atoms with E-state index in [2.05, 4.69) is 15.2 Å². The van der Waals surface area contributed by atoms with Crippen molar-refractivity contribution in [3.05, 3.63) is 87.1 Å². The van der Waals surface area contributed by atoms with Crippen LogP contribution in [-0.4, -0.2) is 31.8 Å². The van der Waals surface area contributed by atoms with E-state index in [-0.39, 0.29) is 28.1 Å². The molecule has 4 aromatic rings. The van der Waals surface area contributed by atoms with Gasteiger partial charge in [-0.3, -0.25) is 9.59 Å². The topological polar surface area (TPSA) is 115 Å². The molecule has 4 rings (SSSR count). The zero-order valence-electron chi connectivity index (χ0n) is 17.3. The van der Waals surface area contributed by atoms with Crippen molar-refractivity contribution in [2.75, 3.05) is 5.32 Å². The number of pyridine rings is 1. The third kappa shape index (κ3) is 4.46. The van der Waals surface area contributed by atoms with Gasteiger partial charge in [-0.05, 0) is 36.4 Å². The van der Waals surface area contributed by atoms with E-state index in [0.29, 0.717) is 5.39 Å². The maximum absolute atomic E-state index is 13.0. The number of anilines is 2. The Morgan fingerprint density at radius 2 is 1.68 bits per heavy atom. The number of halogens is 3. The molecule has 0 fully saturated rings. The van der Waals surface area contributed by atoms with Crippen LogP contribution >= 0.6 is 0 Å². The highest BCUT2D eigenvalue weighted by atomic mass is 19.4. The summed E-state index contributed by atoms with van der Waals surface area (Å²) in [5.74, 6) is -1.66. The number of hydrogen-bond acceptors (Lipinski definition) is 6. The van der Waals surface area contributed by atoms with Gasteiger partial charge in [0.25, 0.3) is 11.1 Å². The molecule has 2 heterocycles. The van der Waals surface area contributed by atoms with Crippen molar-refractivity contribution >= 4 is 28.2 Å². The number of aromatic nitrogens is 3. The number of hydrogen-bond donors (Lipinski definition) is 2. The van der Waals surface area contributed by atoms with Crippen LogP contribution in [0.4, 0.5) is 24.7 Å². The number of nitrogens with one attached hydrogen (secondary N) is 1. The first-order chi connectivity index (χ1) is 16.0. The van der Waals surface area contributed by atoms with E-state index in [1.165, 1.54) is 25.2 Å². The van der Waals surface area contributed by atoms with Crippen LogP contribution < -0.4 is 21.2 Å². The summed E-state index contributed by atoms with van der Waals surface area (Å²) in [4.78, 5) is 37.0. The zero-order valence-corrected chi connectivity index (χ0v) is 17.3. The second-order valence-corrected chi connectivity index (χ2v) is 7.14. The van der Waals surface area contributed by atoms with Crippen molar-refractivity contribution in [1.29, 1.82) is 0 Å². The van der Waals surface area contributed by atoms with Crippen molar-refractivity contribution in [2.45, 2.75) is 6.36 Å². The number of carbonyl (C=O) groups is 1. The lowest BCUT2D eigenvalue weighted by molar-refractivity contribution is -0.274. The Morgan fingerprint density at radius 1 is 1.03 bits per heavy atom. The zero-order chi connectivity index (χ0) is 24.6. The third-order valence-corrected chi connectivity index (χ3v) is 4.80. The van der Waals surface area contributed by atoms with Crippen LogP contribution in [0.5, 0.6) is 5.75 Å². The molecular weight excluding hydrogens is 457 g/mol. The number of ether oxygens (including phenoxy) is 1. The van der Waals surface area contributed by atoms with Gasteiger partial charge in [-0.2, -0.15) is 4.68 Å². The number of benzene rings is 2. The summed E-state index contributed by atoms with van der Waals surface area (Å²) < 4.78 is 43.2. The number of aryl methyl sites for hydroxylation is 1. The van der Waals surface area contributed by atoms with Crippen molar-refractivity contribution in [3.8, 4) is 11.4 Å². The molecule has 174 valence electrons. The predicted molar refractivity (Wildman–Crippen MR) is 116 cm³/mol. The molecule has 0 radical (unpaired) electrons. The minimum absolute atomic E-state index is 0.0606. The van der Waals surface area contributed by atoms with Gasteiger partial charge < -0.3 is 19.7 Å². The molecule has 9 nitrogen and oxygen atoms in total. The van der Waals surface area contributed by atoms with Gasteiger partial charge in [0, 0.05) is 18.6 Å². The lowest BCUT2D eigenvalue weighted by atomic mass is 10.1. The van der Waals surface area contributed by atoms with Gasteiger partial charge in [0.2, 0.25) is 0 Å². The summed E-state index contributed by atoms with van der Waals surface area (Å²) in [6.45, 7) is 0. The van der Waals surface area contributed by atoms with E-state index in [9.17, 15) is 32.7 Å². The van der Waals surface area contributed by atoms with Gasteiger partial charge >= 0.3 is 12.3 Å². The van der Waals surface area contributed by atoms with E-state index in [1.54, 1.807) is 18.2 Å². The smallest absolute Gasteiger partial charge is 0.478 e. The third-order valence-electron chi connectivity index (χ3n) is 4.80. The molecule has 12 heteroatoms. The molecule has 0 unspecified atom stereocenters. The Balaban J connectivity index is 1.85. The van der Waals surface area contributed by atoms with Gasteiger partial charge in [0.15, 0.2) is 5.82 Å². The minimum Gasteiger partial charge on any atom is -0.478 e. The molecular formula is C22H15F3N4O5. The average molecular weight is 472 g/mol. The second kappa shape index (κ2) is 8.39. The molecule has 0 saturated carbocycles. The number of fused-ring (bicyclic) bond motifs is 1. The monoisotopic (exact) mass is 472 g/mol. The highest BCUT2D eigenvalue weighted by molar-refractivity contribution is 5.93. The minimum atomic E-state index is -4.87. The standard InChI is InChI=1S/C22H15F3N4O5/c1-28-11-12(21(32)33)10-17(20(28)31)26-18-15-4-2-3-5-16(15)19(30)29(27-18)13-6-8-14(9-7-13)34-22(23,24)25/h2-11H,1H3,(H,26,27)(H,32,33). The summed E-state index contributed by atoms with van der Waals surface area (Å²) >= 11 is 0. The normalized spacial score (nSPS) is 11.4. The fourth-order valence-corrected chi connectivity index (χ4v) is 3.29. The van der Waals surface area contributed by atoms with Crippen LogP contribution in [0.25, 0.3) is 16.5 Å². The second-order valence-electron chi connectivity index (χ2n) is 7.14. The first kappa shape index (κ1) is 22.6. The molecule has 2 aromatic heterocycles. The Kier molecular flexibility index (Phi) is 5.57. The molecule has 2 N–H and O–H groups in total. The number of aromatic carboxylic acids is 1. The van der Waals surface area contributed by atoms with Gasteiger partial charge in [-0.25, -0.2) is 4.79 Å². The number of alkyl halides is 3. The summed E-state index contributed by atoms with van der Waals surface area (Å²) in [5.41, 5.74) is -1.21. The van der Waals surface area contributed by atoms with E-state index in [0.717, 1.165) is 33.6 Å². The van der Waals surface area contributed by atoms with Crippen LogP contribution in [0, 0.1) is 0 Å². The molecule has 0 aliphatic carbocycles. The predicted octanol–water partition coefficient (Wildman–Crippen LogP) is 3.42. The molecule has 34 heavy (non-hydrogen) atoms. The fourth-order valence-electron chi connectivity index (χ4n) is 3.29. The van der Waals surface area contributed by atoms with Crippen LogP contribution in [0.15, 0.2) is 70.4 Å². The number of carboxylic acid groups (broad SMARTS) is 1. The number of rotatable bonds is 5. The maximum Gasteiger partial charge on any atom is 0.573 e. The Morgan fingerprint density at radius 3 is 2.29 bits per heavy atom. The van der Waals surface area contributed by atoms with E-state index in [4.69, 9.17) is 0 Å². The van der Waals surface area contributed by atoms with Gasteiger partial charge in [0.05, 0.1) is 16.6 Å². The summed E-state index contributed by atoms with van der Waals surface area (Å²) in [6, 6.07) is 12.0. The van der Waals surface area contributed by atoms with Crippen LogP contribution in [0.3, 0.4) is 0 Å². The van der Waals surface area contributed by atoms with E-state index < -0.39 is 29.2 Å². The molecule has 0 aliphatic heterocycles. The highest BCUT2D eigenvalue weighted by Gasteiger charge is 2.31. The van der Waals surface area contributed by atoms with Crippen molar-refractivity contribution in [1.82, 2.24) is 14.3 Å². The first-order valence-corrected chi connectivity index (χ1v) is 9.63. The van der Waals surface area contributed by atoms with Crippen LogP contribution in [0.1, 0.15) is 10.4 Å². The number of nitrogens with zero attached hydrogens (tertiary/aromatic N) is 3. The van der Waals surface area contributed by atoms with Crippen LogP contribution in [-0.2, 0) is 7.05 Å². The molecule has 0 amide bonds. The molecule has 0 aliphatic rings. The first-order valence-electron chi connectivity index (χ1n) is 9.63. The summed E-state index contributed by atoms with van der Waals surface area (Å²) in [7, 11) is 1.39. The number of carboxylic acids is 1. The van der Waals surface area contributed by atoms with E-state index in [1.807, 2.05) is 0 Å². The molecule has 0 bridgehead atoms. The van der Waals surface area contributed by atoms with Gasteiger partial charge in [-0.1, -0.05) is 18.2 Å². The van der Waals surface area contributed by atoms with Crippen molar-refractivity contribution in [2.24, 2.45) is 7.05 Å². The van der Waals surface area contributed by atoms with Crippen LogP contribution in [0.2, 0.25) is 0 Å².